The number of nitrogens with one attached hydrogen (secondary N) is 1. The van der Waals surface area contributed by atoms with Crippen LogP contribution in [0.15, 0.2) is 12.4 Å². The Bertz CT molecular complexity index is 292. The second kappa shape index (κ2) is 7.54. The van der Waals surface area contributed by atoms with Crippen LogP contribution in [0.1, 0.15) is 19.2 Å². The molecule has 1 aromatic heterocycles. The molecule has 1 unspecified atom stereocenters. The zero-order valence-corrected chi connectivity index (χ0v) is 10.5. The highest BCUT2D eigenvalue weighted by Gasteiger charge is 2.10. The van der Waals surface area contributed by atoms with Crippen molar-refractivity contribution < 1.29 is 4.74 Å². The summed E-state index contributed by atoms with van der Waals surface area (Å²) in [5, 5.41) is 3.96. The van der Waals surface area contributed by atoms with E-state index in [-0.39, 0.29) is 6.04 Å². The molecule has 0 aliphatic carbocycles. The number of hydrogen-bond donors (Lipinski definition) is 1. The Kier molecular flexibility index (Phi) is 6.30. The highest BCUT2D eigenvalue weighted by atomic mass is 35.5. The van der Waals surface area contributed by atoms with Crippen molar-refractivity contribution in [1.82, 2.24) is 15.3 Å². The summed E-state index contributed by atoms with van der Waals surface area (Å²) in [6, 6.07) is 0.256. The van der Waals surface area contributed by atoms with Crippen LogP contribution in [0.25, 0.3) is 0 Å². The molecule has 1 N–H and O–H groups in total. The topological polar surface area (TPSA) is 47.0 Å². The number of nitrogens with zero attached hydrogens (tertiary/aromatic N) is 2. The standard InChI is InChI=1S/C11H18ClN3O/c1-3-4-13-10(8-16-2)5-11-14-6-9(12)7-15-11/h6-7,10,13H,3-5,8H2,1-2H3. The van der Waals surface area contributed by atoms with Gasteiger partial charge in [0.25, 0.3) is 0 Å². The van der Waals surface area contributed by atoms with Crippen LogP contribution in [-0.2, 0) is 11.2 Å². The lowest BCUT2D eigenvalue weighted by atomic mass is 10.2. The van der Waals surface area contributed by atoms with Gasteiger partial charge in [0.2, 0.25) is 0 Å². The van der Waals surface area contributed by atoms with Crippen molar-refractivity contribution >= 4 is 11.6 Å². The quantitative estimate of drug-likeness (QED) is 0.792. The minimum absolute atomic E-state index is 0.256. The van der Waals surface area contributed by atoms with Crippen molar-refractivity contribution in [1.29, 1.82) is 0 Å². The molecule has 4 nitrogen and oxygen atoms in total. The molecule has 0 bridgehead atoms. The summed E-state index contributed by atoms with van der Waals surface area (Å²) >= 11 is 5.73. The minimum Gasteiger partial charge on any atom is -0.383 e. The molecular formula is C11H18ClN3O. The van der Waals surface area contributed by atoms with Gasteiger partial charge < -0.3 is 10.1 Å². The molecule has 90 valence electrons. The van der Waals surface area contributed by atoms with E-state index in [9.17, 15) is 0 Å². The number of aromatic nitrogens is 2. The Balaban J connectivity index is 2.49. The molecular weight excluding hydrogens is 226 g/mol. The van der Waals surface area contributed by atoms with Crippen LogP contribution in [0, 0.1) is 0 Å². The normalized spacial score (nSPS) is 12.7. The van der Waals surface area contributed by atoms with Crippen molar-refractivity contribution in [2.24, 2.45) is 0 Å². The van der Waals surface area contributed by atoms with Gasteiger partial charge in [-0.2, -0.15) is 0 Å². The molecule has 0 fully saturated rings. The number of hydrogen-bond acceptors (Lipinski definition) is 4. The first-order valence-corrected chi connectivity index (χ1v) is 5.82. The smallest absolute Gasteiger partial charge is 0.129 e. The molecule has 1 aromatic rings. The molecule has 0 saturated heterocycles. The lowest BCUT2D eigenvalue weighted by Gasteiger charge is -2.16. The molecule has 0 amide bonds. The van der Waals surface area contributed by atoms with Crippen molar-refractivity contribution in [3.63, 3.8) is 0 Å². The molecule has 0 aliphatic heterocycles. The maximum absolute atomic E-state index is 5.73. The zero-order valence-electron chi connectivity index (χ0n) is 9.74. The molecule has 16 heavy (non-hydrogen) atoms. The predicted molar refractivity (Wildman–Crippen MR) is 64.7 cm³/mol. The summed E-state index contributed by atoms with van der Waals surface area (Å²) in [6.07, 6.45) is 5.09. The van der Waals surface area contributed by atoms with Crippen LogP contribution >= 0.6 is 11.6 Å². The number of rotatable bonds is 7. The Morgan fingerprint density at radius 1 is 1.44 bits per heavy atom. The third-order valence-corrected chi connectivity index (χ3v) is 2.35. The molecule has 0 aromatic carbocycles. The van der Waals surface area contributed by atoms with Crippen LogP contribution in [0.4, 0.5) is 0 Å². The van der Waals surface area contributed by atoms with Gasteiger partial charge in [-0.05, 0) is 13.0 Å². The first-order valence-electron chi connectivity index (χ1n) is 5.45. The predicted octanol–water partition coefficient (Wildman–Crippen LogP) is 1.69. The fourth-order valence-electron chi connectivity index (χ4n) is 1.40. The summed E-state index contributed by atoms with van der Waals surface area (Å²) in [5.74, 6) is 0.787. The van der Waals surface area contributed by atoms with Gasteiger partial charge >= 0.3 is 0 Å². The van der Waals surface area contributed by atoms with Crippen molar-refractivity contribution in [3.8, 4) is 0 Å². The summed E-state index contributed by atoms with van der Waals surface area (Å²) < 4.78 is 5.15. The van der Waals surface area contributed by atoms with E-state index in [0.717, 1.165) is 25.2 Å². The van der Waals surface area contributed by atoms with Gasteiger partial charge in [-0.25, -0.2) is 9.97 Å². The Labute approximate surface area is 101 Å². The summed E-state index contributed by atoms with van der Waals surface area (Å²) in [7, 11) is 1.70. The third kappa shape index (κ3) is 4.88. The van der Waals surface area contributed by atoms with Crippen LogP contribution in [0.5, 0.6) is 0 Å². The SMILES string of the molecule is CCCNC(COC)Cc1ncc(Cl)cn1. The van der Waals surface area contributed by atoms with E-state index in [1.165, 1.54) is 0 Å². The number of ether oxygens (including phenoxy) is 1. The fourth-order valence-corrected chi connectivity index (χ4v) is 1.50. The summed E-state index contributed by atoms with van der Waals surface area (Å²) in [5.41, 5.74) is 0. The first-order chi connectivity index (χ1) is 7.76. The monoisotopic (exact) mass is 243 g/mol. The van der Waals surface area contributed by atoms with E-state index in [1.54, 1.807) is 19.5 Å². The molecule has 5 heteroatoms. The molecule has 1 rings (SSSR count). The van der Waals surface area contributed by atoms with Gasteiger partial charge in [-0.1, -0.05) is 18.5 Å². The Morgan fingerprint density at radius 2 is 2.12 bits per heavy atom. The Morgan fingerprint density at radius 3 is 2.69 bits per heavy atom. The van der Waals surface area contributed by atoms with Gasteiger partial charge in [0.15, 0.2) is 0 Å². The summed E-state index contributed by atoms with van der Waals surface area (Å²) in [4.78, 5) is 8.34. The van der Waals surface area contributed by atoms with Gasteiger partial charge in [0.1, 0.15) is 5.82 Å². The maximum Gasteiger partial charge on any atom is 0.129 e. The lowest BCUT2D eigenvalue weighted by molar-refractivity contribution is 0.165. The molecule has 0 radical (unpaired) electrons. The van der Waals surface area contributed by atoms with E-state index < -0.39 is 0 Å². The van der Waals surface area contributed by atoms with E-state index >= 15 is 0 Å². The van der Waals surface area contributed by atoms with E-state index in [2.05, 4.69) is 22.2 Å². The van der Waals surface area contributed by atoms with Crippen molar-refractivity contribution in [3.05, 3.63) is 23.2 Å². The molecule has 0 saturated carbocycles. The molecule has 0 spiro atoms. The van der Waals surface area contributed by atoms with Gasteiger partial charge in [-0.15, -0.1) is 0 Å². The van der Waals surface area contributed by atoms with Crippen LogP contribution in [0.2, 0.25) is 5.02 Å². The van der Waals surface area contributed by atoms with E-state index in [1.807, 2.05) is 0 Å². The Hall–Kier alpha value is -0.710. The second-order valence-corrected chi connectivity index (χ2v) is 4.06. The van der Waals surface area contributed by atoms with Crippen LogP contribution in [0.3, 0.4) is 0 Å². The van der Waals surface area contributed by atoms with Gasteiger partial charge in [0, 0.05) is 32.0 Å². The average molecular weight is 244 g/mol. The highest BCUT2D eigenvalue weighted by molar-refractivity contribution is 6.30. The second-order valence-electron chi connectivity index (χ2n) is 3.63. The van der Waals surface area contributed by atoms with Gasteiger partial charge in [-0.3, -0.25) is 0 Å². The van der Waals surface area contributed by atoms with E-state index in [0.29, 0.717) is 11.6 Å². The average Bonchev–Trinajstić information content (AvgIpc) is 2.29. The molecule has 1 heterocycles. The van der Waals surface area contributed by atoms with Crippen LogP contribution in [-0.4, -0.2) is 36.3 Å². The van der Waals surface area contributed by atoms with Crippen molar-refractivity contribution in [2.75, 3.05) is 20.3 Å². The third-order valence-electron chi connectivity index (χ3n) is 2.15. The molecule has 1 atom stereocenters. The highest BCUT2D eigenvalue weighted by Crippen LogP contribution is 2.04. The number of methoxy groups -OCH3 is 1. The maximum atomic E-state index is 5.73. The molecule has 0 aliphatic rings. The zero-order chi connectivity index (χ0) is 11.8. The van der Waals surface area contributed by atoms with Crippen LogP contribution < -0.4 is 5.32 Å². The van der Waals surface area contributed by atoms with Crippen molar-refractivity contribution in [2.45, 2.75) is 25.8 Å². The number of halogens is 1. The minimum atomic E-state index is 0.256. The lowest BCUT2D eigenvalue weighted by Crippen LogP contribution is -2.36. The summed E-state index contributed by atoms with van der Waals surface area (Å²) in [6.45, 7) is 3.77. The fraction of sp³-hybridized carbons (Fsp3) is 0.636. The van der Waals surface area contributed by atoms with Gasteiger partial charge in [0.05, 0.1) is 11.6 Å². The largest absolute Gasteiger partial charge is 0.383 e. The first kappa shape index (κ1) is 13.4. The van der Waals surface area contributed by atoms with E-state index in [4.69, 9.17) is 16.3 Å².